The summed E-state index contributed by atoms with van der Waals surface area (Å²) in [7, 11) is 3.71. The maximum absolute atomic E-state index is 11.9. The lowest BCUT2D eigenvalue weighted by Crippen LogP contribution is -2.38. The Kier molecular flexibility index (Phi) is 4.69. The summed E-state index contributed by atoms with van der Waals surface area (Å²) in [6.07, 6.45) is 0. The zero-order valence-corrected chi connectivity index (χ0v) is 10.8. The maximum Gasteiger partial charge on any atom is 0.251 e. The Bertz CT molecular complexity index is 398. The Morgan fingerprint density at radius 2 is 1.88 bits per heavy atom. The van der Waals surface area contributed by atoms with Gasteiger partial charge in [0.25, 0.3) is 5.91 Å². The molecule has 4 nitrogen and oxygen atoms in total. The van der Waals surface area contributed by atoms with Gasteiger partial charge in [-0.1, -0.05) is 18.2 Å². The van der Waals surface area contributed by atoms with Crippen molar-refractivity contribution < 1.29 is 4.79 Å². The van der Waals surface area contributed by atoms with E-state index < -0.39 is 0 Å². The van der Waals surface area contributed by atoms with Gasteiger partial charge in [-0.3, -0.25) is 4.79 Å². The van der Waals surface area contributed by atoms with Gasteiger partial charge in [-0.15, -0.1) is 0 Å². The predicted molar refractivity (Wildman–Crippen MR) is 70.2 cm³/mol. The predicted octanol–water partition coefficient (Wildman–Crippen LogP) is 1.74. The van der Waals surface area contributed by atoms with Crippen molar-refractivity contribution in [3.05, 3.63) is 35.9 Å². The van der Waals surface area contributed by atoms with Crippen molar-refractivity contribution in [2.24, 2.45) is 5.10 Å². The molecule has 1 amide bonds. The minimum absolute atomic E-state index is 0.0774. The van der Waals surface area contributed by atoms with Gasteiger partial charge in [-0.2, -0.15) is 5.10 Å². The zero-order valence-electron chi connectivity index (χ0n) is 10.8. The summed E-state index contributed by atoms with van der Waals surface area (Å²) in [6, 6.07) is 9.09. The third-order valence-electron chi connectivity index (χ3n) is 2.37. The summed E-state index contributed by atoms with van der Waals surface area (Å²) in [6.45, 7) is 3.82. The van der Waals surface area contributed by atoms with Crippen molar-refractivity contribution in [3.63, 3.8) is 0 Å². The molecule has 1 aromatic rings. The van der Waals surface area contributed by atoms with E-state index in [1.165, 1.54) is 0 Å². The highest BCUT2D eigenvalue weighted by Gasteiger charge is 2.11. The number of rotatable bonds is 4. The van der Waals surface area contributed by atoms with Crippen LogP contribution in [0.1, 0.15) is 24.2 Å². The van der Waals surface area contributed by atoms with Gasteiger partial charge in [0, 0.05) is 19.7 Å². The fourth-order valence-corrected chi connectivity index (χ4v) is 1.38. The van der Waals surface area contributed by atoms with Crippen LogP contribution in [0.4, 0.5) is 0 Å². The van der Waals surface area contributed by atoms with E-state index in [4.69, 9.17) is 0 Å². The van der Waals surface area contributed by atoms with Gasteiger partial charge >= 0.3 is 0 Å². The zero-order chi connectivity index (χ0) is 12.8. The summed E-state index contributed by atoms with van der Waals surface area (Å²) < 4.78 is 0. The Labute approximate surface area is 102 Å². The van der Waals surface area contributed by atoms with E-state index in [0.717, 1.165) is 5.71 Å². The minimum atomic E-state index is -0.0786. The van der Waals surface area contributed by atoms with E-state index in [2.05, 4.69) is 10.4 Å². The largest absolute Gasteiger partial charge is 0.344 e. The van der Waals surface area contributed by atoms with Gasteiger partial charge in [0.05, 0.1) is 11.8 Å². The molecule has 0 bridgehead atoms. The van der Waals surface area contributed by atoms with Gasteiger partial charge < -0.3 is 10.3 Å². The lowest BCUT2D eigenvalue weighted by Gasteiger charge is -2.15. The second kappa shape index (κ2) is 6.03. The highest BCUT2D eigenvalue weighted by atomic mass is 16.1. The molecule has 17 heavy (non-hydrogen) atoms. The molecule has 0 aliphatic carbocycles. The van der Waals surface area contributed by atoms with Crippen LogP contribution >= 0.6 is 0 Å². The third kappa shape index (κ3) is 4.26. The van der Waals surface area contributed by atoms with E-state index in [-0.39, 0.29) is 11.9 Å². The summed E-state index contributed by atoms with van der Waals surface area (Å²) >= 11 is 0. The van der Waals surface area contributed by atoms with Gasteiger partial charge in [0.2, 0.25) is 0 Å². The van der Waals surface area contributed by atoms with Gasteiger partial charge in [-0.05, 0) is 26.0 Å². The summed E-state index contributed by atoms with van der Waals surface area (Å²) in [5.74, 6) is -0.0774. The second-order valence-corrected chi connectivity index (χ2v) is 4.15. The van der Waals surface area contributed by atoms with Crippen LogP contribution in [0.3, 0.4) is 0 Å². The molecule has 0 radical (unpaired) electrons. The molecule has 1 rings (SSSR count). The van der Waals surface area contributed by atoms with Crippen LogP contribution in [0, 0.1) is 0 Å². The Balaban J connectivity index is 2.64. The van der Waals surface area contributed by atoms with E-state index >= 15 is 0 Å². The number of nitrogens with one attached hydrogen (secondary N) is 1. The van der Waals surface area contributed by atoms with Crippen LogP contribution in [0.5, 0.6) is 0 Å². The van der Waals surface area contributed by atoms with E-state index in [1.807, 2.05) is 46.1 Å². The minimum Gasteiger partial charge on any atom is -0.344 e. The average molecular weight is 233 g/mol. The number of carbonyl (C=O) groups excluding carboxylic acids is 1. The van der Waals surface area contributed by atoms with Crippen LogP contribution < -0.4 is 5.32 Å². The van der Waals surface area contributed by atoms with Crippen LogP contribution in [0.15, 0.2) is 35.4 Å². The van der Waals surface area contributed by atoms with Gasteiger partial charge in [-0.25, -0.2) is 0 Å². The fraction of sp³-hybridized carbons (Fsp3) is 0.385. The Morgan fingerprint density at radius 1 is 1.29 bits per heavy atom. The Hall–Kier alpha value is -1.84. The molecule has 0 fully saturated rings. The van der Waals surface area contributed by atoms with Crippen LogP contribution in [0.2, 0.25) is 0 Å². The molecule has 0 saturated carbocycles. The van der Waals surface area contributed by atoms with E-state index in [0.29, 0.717) is 5.56 Å². The highest BCUT2D eigenvalue weighted by Crippen LogP contribution is 1.99. The summed E-state index contributed by atoms with van der Waals surface area (Å²) in [5.41, 5.74) is 1.54. The SMILES string of the molecule is C/C(=N\N(C)C)C(C)NC(=O)c1ccccc1. The van der Waals surface area contributed by atoms with Gasteiger partial charge in [0.1, 0.15) is 0 Å². The van der Waals surface area contributed by atoms with Gasteiger partial charge in [0.15, 0.2) is 0 Å². The average Bonchev–Trinajstić information content (AvgIpc) is 2.29. The summed E-state index contributed by atoms with van der Waals surface area (Å²) in [5, 5.41) is 8.89. The first-order chi connectivity index (χ1) is 8.00. The van der Waals surface area contributed by atoms with Crippen molar-refractivity contribution in [2.45, 2.75) is 19.9 Å². The highest BCUT2D eigenvalue weighted by molar-refractivity contribution is 5.98. The number of amides is 1. The third-order valence-corrected chi connectivity index (χ3v) is 2.37. The monoisotopic (exact) mass is 233 g/mol. The molecular formula is C13H19N3O. The fourth-order valence-electron chi connectivity index (χ4n) is 1.38. The number of nitrogens with zero attached hydrogens (tertiary/aromatic N) is 2. The molecule has 0 saturated heterocycles. The number of hydrogen-bond donors (Lipinski definition) is 1. The van der Waals surface area contributed by atoms with Crippen LogP contribution in [-0.4, -0.2) is 36.8 Å². The lowest BCUT2D eigenvalue weighted by molar-refractivity contribution is 0.0949. The standard InChI is InChI=1S/C13H19N3O/c1-10(11(2)15-16(3)4)14-13(17)12-8-6-5-7-9-12/h5-10H,1-4H3,(H,14,17)/b15-11+. The van der Waals surface area contributed by atoms with Crippen LogP contribution in [0.25, 0.3) is 0 Å². The Morgan fingerprint density at radius 3 is 2.41 bits per heavy atom. The number of hydrazone groups is 1. The van der Waals surface area contributed by atoms with Crippen molar-refractivity contribution in [1.82, 2.24) is 10.3 Å². The van der Waals surface area contributed by atoms with Crippen molar-refractivity contribution in [1.29, 1.82) is 0 Å². The molecule has 0 aliphatic heterocycles. The van der Waals surface area contributed by atoms with Crippen molar-refractivity contribution in [3.8, 4) is 0 Å². The summed E-state index contributed by atoms with van der Waals surface area (Å²) in [4.78, 5) is 11.9. The topological polar surface area (TPSA) is 44.7 Å². The quantitative estimate of drug-likeness (QED) is 0.636. The first-order valence-corrected chi connectivity index (χ1v) is 5.59. The lowest BCUT2D eigenvalue weighted by atomic mass is 10.1. The first-order valence-electron chi connectivity index (χ1n) is 5.59. The second-order valence-electron chi connectivity index (χ2n) is 4.15. The number of benzene rings is 1. The molecular weight excluding hydrogens is 214 g/mol. The van der Waals surface area contributed by atoms with E-state index in [1.54, 1.807) is 17.1 Å². The molecule has 4 heteroatoms. The molecule has 0 aromatic heterocycles. The van der Waals surface area contributed by atoms with Crippen LogP contribution in [-0.2, 0) is 0 Å². The molecule has 1 N–H and O–H groups in total. The van der Waals surface area contributed by atoms with Crippen molar-refractivity contribution in [2.75, 3.05) is 14.1 Å². The first kappa shape index (κ1) is 13.2. The molecule has 1 unspecified atom stereocenters. The normalized spacial score (nSPS) is 13.1. The maximum atomic E-state index is 11.9. The smallest absolute Gasteiger partial charge is 0.251 e. The molecule has 0 heterocycles. The number of hydrogen-bond acceptors (Lipinski definition) is 3. The molecule has 1 atom stereocenters. The molecule has 92 valence electrons. The van der Waals surface area contributed by atoms with E-state index in [9.17, 15) is 4.79 Å². The number of carbonyl (C=O) groups is 1. The van der Waals surface area contributed by atoms with Crippen molar-refractivity contribution >= 4 is 11.6 Å². The molecule has 0 aliphatic rings. The molecule has 0 spiro atoms. The molecule has 1 aromatic carbocycles.